The molecule has 0 amide bonds. The molecular weight excluding hydrogens is 270 g/mol. The van der Waals surface area contributed by atoms with E-state index in [9.17, 15) is 0 Å². The van der Waals surface area contributed by atoms with Gasteiger partial charge in [-0.15, -0.1) is 11.3 Å². The average molecular weight is 289 g/mol. The van der Waals surface area contributed by atoms with E-state index in [-0.39, 0.29) is 0 Å². The van der Waals surface area contributed by atoms with Crippen LogP contribution < -0.4 is 15.5 Å². The molecule has 0 bridgehead atoms. The maximum atomic E-state index is 5.67. The molecule has 5 nitrogen and oxygen atoms in total. The summed E-state index contributed by atoms with van der Waals surface area (Å²) in [4.78, 5) is 13.7. The van der Waals surface area contributed by atoms with Crippen molar-refractivity contribution in [1.82, 2.24) is 9.97 Å². The Morgan fingerprint density at radius 1 is 1.20 bits per heavy atom. The molecule has 1 fully saturated rings. The SMILES string of the molecule is CCc1csc(N2CCN(c3ccc(N)cn3)CC2)n1. The van der Waals surface area contributed by atoms with Crippen molar-refractivity contribution in [3.8, 4) is 0 Å². The fourth-order valence-corrected chi connectivity index (χ4v) is 3.28. The molecule has 1 aliphatic rings. The van der Waals surface area contributed by atoms with Gasteiger partial charge in [-0.05, 0) is 18.6 Å². The van der Waals surface area contributed by atoms with Crippen LogP contribution in [0.2, 0.25) is 0 Å². The second kappa shape index (κ2) is 5.66. The van der Waals surface area contributed by atoms with Gasteiger partial charge in [0.2, 0.25) is 0 Å². The van der Waals surface area contributed by atoms with Crippen LogP contribution in [0.15, 0.2) is 23.7 Å². The number of aromatic nitrogens is 2. The van der Waals surface area contributed by atoms with Crippen LogP contribution in [0.5, 0.6) is 0 Å². The number of hydrogen-bond acceptors (Lipinski definition) is 6. The summed E-state index contributed by atoms with van der Waals surface area (Å²) in [6.45, 7) is 6.06. The van der Waals surface area contributed by atoms with Gasteiger partial charge in [-0.2, -0.15) is 0 Å². The molecule has 0 radical (unpaired) electrons. The Morgan fingerprint density at radius 3 is 2.55 bits per heavy atom. The minimum atomic E-state index is 0.710. The minimum Gasteiger partial charge on any atom is -0.397 e. The number of hydrogen-bond donors (Lipinski definition) is 1. The van der Waals surface area contributed by atoms with Crippen LogP contribution in [0.3, 0.4) is 0 Å². The molecule has 0 spiro atoms. The molecule has 6 heteroatoms. The third-order valence-corrected chi connectivity index (χ3v) is 4.50. The van der Waals surface area contributed by atoms with Gasteiger partial charge in [0.25, 0.3) is 0 Å². The zero-order valence-electron chi connectivity index (χ0n) is 11.6. The monoisotopic (exact) mass is 289 g/mol. The Labute approximate surface area is 123 Å². The first-order valence-electron chi connectivity index (χ1n) is 6.92. The van der Waals surface area contributed by atoms with Crippen molar-refractivity contribution in [3.05, 3.63) is 29.4 Å². The summed E-state index contributed by atoms with van der Waals surface area (Å²) in [5.74, 6) is 1.01. The smallest absolute Gasteiger partial charge is 0.185 e. The number of nitrogens with zero attached hydrogens (tertiary/aromatic N) is 4. The molecule has 3 rings (SSSR count). The first-order valence-corrected chi connectivity index (χ1v) is 7.80. The standard InChI is InChI=1S/C14H19N5S/c1-2-12-10-20-14(17-12)19-7-5-18(6-8-19)13-4-3-11(15)9-16-13/h3-4,9-10H,2,5-8,15H2,1H3. The quantitative estimate of drug-likeness (QED) is 0.936. The van der Waals surface area contributed by atoms with Crippen molar-refractivity contribution < 1.29 is 0 Å². The topological polar surface area (TPSA) is 58.3 Å². The van der Waals surface area contributed by atoms with Crippen LogP contribution in [-0.2, 0) is 6.42 Å². The van der Waals surface area contributed by atoms with Gasteiger partial charge in [-0.25, -0.2) is 9.97 Å². The lowest BCUT2D eigenvalue weighted by atomic mass is 10.3. The zero-order chi connectivity index (χ0) is 13.9. The maximum Gasteiger partial charge on any atom is 0.185 e. The first kappa shape index (κ1) is 13.2. The molecule has 2 aromatic heterocycles. The van der Waals surface area contributed by atoms with Gasteiger partial charge in [0.05, 0.1) is 17.6 Å². The van der Waals surface area contributed by atoms with E-state index in [1.165, 1.54) is 5.69 Å². The van der Waals surface area contributed by atoms with E-state index >= 15 is 0 Å². The highest BCUT2D eigenvalue weighted by Gasteiger charge is 2.20. The number of pyridine rings is 1. The second-order valence-corrected chi connectivity index (χ2v) is 5.74. The van der Waals surface area contributed by atoms with E-state index in [1.54, 1.807) is 17.5 Å². The molecule has 20 heavy (non-hydrogen) atoms. The Bertz CT molecular complexity index is 557. The predicted molar refractivity (Wildman–Crippen MR) is 84.6 cm³/mol. The fraction of sp³-hybridized carbons (Fsp3) is 0.429. The highest BCUT2D eigenvalue weighted by Crippen LogP contribution is 2.23. The Balaban J connectivity index is 1.63. The van der Waals surface area contributed by atoms with E-state index in [0.29, 0.717) is 5.69 Å². The summed E-state index contributed by atoms with van der Waals surface area (Å²) in [6, 6.07) is 3.90. The van der Waals surface area contributed by atoms with Gasteiger partial charge >= 0.3 is 0 Å². The van der Waals surface area contributed by atoms with Crippen LogP contribution in [-0.4, -0.2) is 36.1 Å². The summed E-state index contributed by atoms with van der Waals surface area (Å²) in [5.41, 5.74) is 7.57. The van der Waals surface area contributed by atoms with E-state index in [1.807, 2.05) is 12.1 Å². The highest BCUT2D eigenvalue weighted by molar-refractivity contribution is 7.13. The van der Waals surface area contributed by atoms with Gasteiger partial charge in [0.1, 0.15) is 5.82 Å². The second-order valence-electron chi connectivity index (χ2n) is 4.90. The van der Waals surface area contributed by atoms with Crippen molar-refractivity contribution in [1.29, 1.82) is 0 Å². The molecule has 0 unspecified atom stereocenters. The molecule has 2 N–H and O–H groups in total. The Kier molecular flexibility index (Phi) is 3.73. The molecule has 0 aliphatic carbocycles. The van der Waals surface area contributed by atoms with Crippen LogP contribution in [0.4, 0.5) is 16.6 Å². The summed E-state index contributed by atoms with van der Waals surface area (Å²) >= 11 is 1.74. The number of rotatable bonds is 3. The third-order valence-electron chi connectivity index (χ3n) is 3.55. The molecular formula is C14H19N5S. The van der Waals surface area contributed by atoms with Gasteiger partial charge in [0.15, 0.2) is 5.13 Å². The molecule has 1 aliphatic heterocycles. The van der Waals surface area contributed by atoms with E-state index < -0.39 is 0 Å². The fourth-order valence-electron chi connectivity index (χ4n) is 2.32. The number of nitrogens with two attached hydrogens (primary N) is 1. The van der Waals surface area contributed by atoms with E-state index in [0.717, 1.165) is 43.5 Å². The van der Waals surface area contributed by atoms with Crippen molar-refractivity contribution in [3.63, 3.8) is 0 Å². The van der Waals surface area contributed by atoms with Gasteiger partial charge in [-0.3, -0.25) is 0 Å². The van der Waals surface area contributed by atoms with Crippen molar-refractivity contribution in [2.45, 2.75) is 13.3 Å². The van der Waals surface area contributed by atoms with E-state index in [2.05, 4.69) is 32.1 Å². The van der Waals surface area contributed by atoms with E-state index in [4.69, 9.17) is 5.73 Å². The first-order chi connectivity index (χ1) is 9.76. The van der Waals surface area contributed by atoms with Crippen molar-refractivity contribution >= 4 is 28.0 Å². The molecule has 3 heterocycles. The van der Waals surface area contributed by atoms with Crippen LogP contribution in [0, 0.1) is 0 Å². The van der Waals surface area contributed by atoms with Gasteiger partial charge in [0, 0.05) is 31.6 Å². The largest absolute Gasteiger partial charge is 0.397 e. The average Bonchev–Trinajstić information content (AvgIpc) is 2.97. The molecule has 0 atom stereocenters. The lowest BCUT2D eigenvalue weighted by Gasteiger charge is -2.35. The maximum absolute atomic E-state index is 5.67. The van der Waals surface area contributed by atoms with Crippen molar-refractivity contribution in [2.24, 2.45) is 0 Å². The summed E-state index contributed by atoms with van der Waals surface area (Å²) in [6.07, 6.45) is 2.72. The Hall–Kier alpha value is -1.82. The third kappa shape index (κ3) is 2.70. The van der Waals surface area contributed by atoms with Crippen LogP contribution in [0.25, 0.3) is 0 Å². The Morgan fingerprint density at radius 2 is 1.95 bits per heavy atom. The number of nitrogen functional groups attached to an aromatic ring is 1. The number of thiazole rings is 1. The normalized spacial score (nSPS) is 15.7. The minimum absolute atomic E-state index is 0.710. The number of anilines is 3. The molecule has 106 valence electrons. The van der Waals surface area contributed by atoms with Crippen molar-refractivity contribution in [2.75, 3.05) is 41.7 Å². The summed E-state index contributed by atoms with van der Waals surface area (Å²) < 4.78 is 0. The molecule has 1 saturated heterocycles. The lowest BCUT2D eigenvalue weighted by Crippen LogP contribution is -2.46. The number of piperazine rings is 1. The molecule has 0 aromatic carbocycles. The number of aryl methyl sites for hydroxylation is 1. The van der Waals surface area contributed by atoms with Crippen LogP contribution >= 0.6 is 11.3 Å². The summed E-state index contributed by atoms with van der Waals surface area (Å²) in [7, 11) is 0. The summed E-state index contributed by atoms with van der Waals surface area (Å²) in [5, 5.41) is 3.30. The molecule has 2 aromatic rings. The van der Waals surface area contributed by atoms with Gasteiger partial charge < -0.3 is 15.5 Å². The molecule has 0 saturated carbocycles. The highest BCUT2D eigenvalue weighted by atomic mass is 32.1. The lowest BCUT2D eigenvalue weighted by molar-refractivity contribution is 0.645. The van der Waals surface area contributed by atoms with Gasteiger partial charge in [-0.1, -0.05) is 6.92 Å². The van der Waals surface area contributed by atoms with Crippen LogP contribution in [0.1, 0.15) is 12.6 Å². The zero-order valence-corrected chi connectivity index (χ0v) is 12.4. The predicted octanol–water partition coefficient (Wildman–Crippen LogP) is 2.01.